The van der Waals surface area contributed by atoms with E-state index in [-0.39, 0.29) is 18.6 Å². The lowest BCUT2D eigenvalue weighted by atomic mass is 10.1. The van der Waals surface area contributed by atoms with Crippen LogP contribution in [0.5, 0.6) is 0 Å². The monoisotopic (exact) mass is 174 g/mol. The van der Waals surface area contributed by atoms with Gasteiger partial charge in [0.25, 0.3) is 5.91 Å². The molecule has 1 amide bonds. The Bertz CT molecular complexity index is 163. The predicted octanol–water partition coefficient (Wildman–Crippen LogP) is -1.14. The molecule has 70 valence electrons. The summed E-state index contributed by atoms with van der Waals surface area (Å²) < 4.78 is 0. The van der Waals surface area contributed by atoms with Crippen molar-refractivity contribution in [2.24, 2.45) is 5.90 Å². The van der Waals surface area contributed by atoms with Crippen LogP contribution in [0.1, 0.15) is 12.8 Å². The summed E-state index contributed by atoms with van der Waals surface area (Å²) in [4.78, 5) is 16.9. The first-order chi connectivity index (χ1) is 5.74. The second-order valence-corrected chi connectivity index (χ2v) is 2.95. The van der Waals surface area contributed by atoms with E-state index in [9.17, 15) is 9.90 Å². The Labute approximate surface area is 71.0 Å². The highest BCUT2D eigenvalue weighted by atomic mass is 16.6. The Morgan fingerprint density at radius 2 is 2.50 bits per heavy atom. The van der Waals surface area contributed by atoms with Crippen LogP contribution in [0.15, 0.2) is 0 Å². The van der Waals surface area contributed by atoms with Crippen molar-refractivity contribution in [3.05, 3.63) is 0 Å². The van der Waals surface area contributed by atoms with Crippen molar-refractivity contribution in [3.63, 3.8) is 0 Å². The number of aliphatic hydroxyl groups is 1. The van der Waals surface area contributed by atoms with Crippen LogP contribution in [-0.2, 0) is 9.63 Å². The second kappa shape index (κ2) is 4.39. The van der Waals surface area contributed by atoms with Crippen molar-refractivity contribution in [1.82, 2.24) is 4.90 Å². The molecule has 1 aliphatic heterocycles. The van der Waals surface area contributed by atoms with Gasteiger partial charge in [-0.25, -0.2) is 5.90 Å². The topological polar surface area (TPSA) is 75.8 Å². The van der Waals surface area contributed by atoms with E-state index in [1.54, 1.807) is 4.90 Å². The number of nitrogens with zero attached hydrogens (tertiary/aromatic N) is 1. The number of aliphatic hydroxyl groups excluding tert-OH is 1. The molecule has 1 saturated heterocycles. The van der Waals surface area contributed by atoms with Crippen molar-refractivity contribution in [1.29, 1.82) is 0 Å². The van der Waals surface area contributed by atoms with Gasteiger partial charge in [-0.2, -0.15) is 0 Å². The van der Waals surface area contributed by atoms with E-state index in [1.165, 1.54) is 0 Å². The van der Waals surface area contributed by atoms with Crippen LogP contribution >= 0.6 is 0 Å². The molecule has 5 heteroatoms. The summed E-state index contributed by atoms with van der Waals surface area (Å²) in [7, 11) is 0. The zero-order chi connectivity index (χ0) is 8.97. The molecule has 1 unspecified atom stereocenters. The lowest BCUT2D eigenvalue weighted by Gasteiger charge is -2.29. The normalized spacial score (nSPS) is 24.2. The van der Waals surface area contributed by atoms with Gasteiger partial charge in [0.2, 0.25) is 0 Å². The van der Waals surface area contributed by atoms with Crippen LogP contribution in [0.2, 0.25) is 0 Å². The third-order valence-corrected chi connectivity index (χ3v) is 1.96. The average molecular weight is 174 g/mol. The molecule has 0 aromatic rings. The maximum absolute atomic E-state index is 11.2. The molecule has 1 aliphatic rings. The Morgan fingerprint density at radius 1 is 1.75 bits per heavy atom. The highest BCUT2D eigenvalue weighted by Crippen LogP contribution is 2.09. The minimum atomic E-state index is -0.388. The minimum Gasteiger partial charge on any atom is -0.391 e. The third kappa shape index (κ3) is 2.44. The van der Waals surface area contributed by atoms with Crippen LogP contribution in [0, 0.1) is 0 Å². The van der Waals surface area contributed by atoms with Crippen LogP contribution in [0.4, 0.5) is 0 Å². The van der Waals surface area contributed by atoms with Gasteiger partial charge in [-0.3, -0.25) is 9.63 Å². The van der Waals surface area contributed by atoms with Gasteiger partial charge >= 0.3 is 0 Å². The Morgan fingerprint density at radius 3 is 3.08 bits per heavy atom. The van der Waals surface area contributed by atoms with Crippen molar-refractivity contribution in [2.75, 3.05) is 19.7 Å². The van der Waals surface area contributed by atoms with Gasteiger partial charge in [0.15, 0.2) is 0 Å². The van der Waals surface area contributed by atoms with E-state index < -0.39 is 0 Å². The van der Waals surface area contributed by atoms with Gasteiger partial charge in [-0.05, 0) is 12.8 Å². The van der Waals surface area contributed by atoms with Crippen molar-refractivity contribution in [3.8, 4) is 0 Å². The highest BCUT2D eigenvalue weighted by Gasteiger charge is 2.21. The Kier molecular flexibility index (Phi) is 3.46. The van der Waals surface area contributed by atoms with E-state index in [1.807, 2.05) is 0 Å². The molecular formula is C7H14N2O3. The summed E-state index contributed by atoms with van der Waals surface area (Å²) in [6.45, 7) is 0.994. The number of likely N-dealkylation sites (tertiary alicyclic amines) is 1. The van der Waals surface area contributed by atoms with Crippen LogP contribution in [0.3, 0.4) is 0 Å². The number of piperidine rings is 1. The quantitative estimate of drug-likeness (QED) is 0.519. The maximum Gasteiger partial charge on any atom is 0.250 e. The molecule has 1 heterocycles. The smallest absolute Gasteiger partial charge is 0.250 e. The summed E-state index contributed by atoms with van der Waals surface area (Å²) in [5.74, 6) is 4.60. The number of amides is 1. The van der Waals surface area contributed by atoms with E-state index in [0.717, 1.165) is 12.8 Å². The molecule has 12 heavy (non-hydrogen) atoms. The first-order valence-corrected chi connectivity index (χ1v) is 4.01. The number of hydrogen-bond acceptors (Lipinski definition) is 4. The molecule has 1 atom stereocenters. The molecule has 5 nitrogen and oxygen atoms in total. The first-order valence-electron chi connectivity index (χ1n) is 4.01. The first kappa shape index (κ1) is 9.44. The summed E-state index contributed by atoms with van der Waals surface area (Å²) >= 11 is 0. The Balaban J connectivity index is 2.35. The zero-order valence-electron chi connectivity index (χ0n) is 6.90. The molecule has 0 bridgehead atoms. The van der Waals surface area contributed by atoms with Crippen LogP contribution in [0.25, 0.3) is 0 Å². The fourth-order valence-electron chi connectivity index (χ4n) is 1.34. The van der Waals surface area contributed by atoms with Gasteiger partial charge in [0, 0.05) is 13.1 Å². The molecule has 0 spiro atoms. The molecule has 0 aromatic carbocycles. The second-order valence-electron chi connectivity index (χ2n) is 2.95. The van der Waals surface area contributed by atoms with Gasteiger partial charge in [0.1, 0.15) is 6.61 Å². The van der Waals surface area contributed by atoms with Crippen molar-refractivity contribution in [2.45, 2.75) is 18.9 Å². The van der Waals surface area contributed by atoms with E-state index in [2.05, 4.69) is 4.84 Å². The Hall–Kier alpha value is -0.650. The summed E-state index contributed by atoms with van der Waals surface area (Å²) in [5, 5.41) is 9.23. The maximum atomic E-state index is 11.2. The molecule has 1 fully saturated rings. The zero-order valence-corrected chi connectivity index (χ0v) is 6.90. The fraction of sp³-hybridized carbons (Fsp3) is 0.857. The van der Waals surface area contributed by atoms with Crippen molar-refractivity contribution < 1.29 is 14.7 Å². The highest BCUT2D eigenvalue weighted by molar-refractivity contribution is 5.77. The summed E-state index contributed by atoms with van der Waals surface area (Å²) in [6.07, 6.45) is 1.23. The van der Waals surface area contributed by atoms with Crippen LogP contribution < -0.4 is 5.90 Å². The van der Waals surface area contributed by atoms with Gasteiger partial charge in [0.05, 0.1) is 6.10 Å². The number of carbonyl (C=O) groups excluding carboxylic acids is 1. The predicted molar refractivity (Wildman–Crippen MR) is 42.0 cm³/mol. The number of carbonyl (C=O) groups is 1. The SMILES string of the molecule is NOCC(=O)N1CCCC(O)C1. The number of rotatable bonds is 2. The third-order valence-electron chi connectivity index (χ3n) is 1.96. The number of β-amino-alcohol motifs (C(OH)–C–C–N with tert-alkyl or cyclic N) is 1. The van der Waals surface area contributed by atoms with Gasteiger partial charge < -0.3 is 10.0 Å². The molecule has 0 aromatic heterocycles. The molecule has 0 aliphatic carbocycles. The van der Waals surface area contributed by atoms with Crippen molar-refractivity contribution >= 4 is 5.91 Å². The number of nitrogens with two attached hydrogens (primary N) is 1. The lowest BCUT2D eigenvalue weighted by Crippen LogP contribution is -2.44. The molecule has 1 rings (SSSR count). The molecule has 3 N–H and O–H groups in total. The summed E-state index contributed by atoms with van der Waals surface area (Å²) in [5.41, 5.74) is 0. The molecule has 0 radical (unpaired) electrons. The van der Waals surface area contributed by atoms with E-state index in [0.29, 0.717) is 13.1 Å². The van der Waals surface area contributed by atoms with Crippen LogP contribution in [-0.4, -0.2) is 41.7 Å². The fourth-order valence-corrected chi connectivity index (χ4v) is 1.34. The van der Waals surface area contributed by atoms with E-state index >= 15 is 0 Å². The lowest BCUT2D eigenvalue weighted by molar-refractivity contribution is -0.139. The summed E-state index contributed by atoms with van der Waals surface area (Å²) in [6, 6.07) is 0. The van der Waals surface area contributed by atoms with Gasteiger partial charge in [-0.1, -0.05) is 0 Å². The molecular weight excluding hydrogens is 160 g/mol. The molecule has 0 saturated carbocycles. The van der Waals surface area contributed by atoms with Gasteiger partial charge in [-0.15, -0.1) is 0 Å². The average Bonchev–Trinajstić information content (AvgIpc) is 2.05. The standard InChI is InChI=1S/C7H14N2O3/c8-12-5-7(11)9-3-1-2-6(10)4-9/h6,10H,1-5,8H2. The number of hydrogen-bond donors (Lipinski definition) is 2. The largest absolute Gasteiger partial charge is 0.391 e. The van der Waals surface area contributed by atoms with E-state index in [4.69, 9.17) is 5.90 Å². The minimum absolute atomic E-state index is 0.104.